The van der Waals surface area contributed by atoms with Gasteiger partial charge in [-0.2, -0.15) is 0 Å². The number of hydrogen-bond donors (Lipinski definition) is 1. The van der Waals surface area contributed by atoms with Crippen molar-refractivity contribution in [2.45, 2.75) is 13.0 Å². The first kappa shape index (κ1) is 9.80. The van der Waals surface area contributed by atoms with Crippen molar-refractivity contribution in [3.8, 4) is 0 Å². The summed E-state index contributed by atoms with van der Waals surface area (Å²) in [5.41, 5.74) is 1.29. The molecule has 0 saturated carbocycles. The van der Waals surface area contributed by atoms with Crippen molar-refractivity contribution < 1.29 is 9.90 Å². The van der Waals surface area contributed by atoms with Crippen LogP contribution in [0.15, 0.2) is 36.5 Å². The number of para-hydroxylation sites is 1. The molecule has 0 bridgehead atoms. The van der Waals surface area contributed by atoms with Crippen molar-refractivity contribution in [3.05, 3.63) is 42.1 Å². The number of ketones is 1. The van der Waals surface area contributed by atoms with Gasteiger partial charge in [0.05, 0.1) is 5.52 Å². The van der Waals surface area contributed by atoms with Crippen molar-refractivity contribution in [1.82, 2.24) is 4.98 Å². The standard InChI is InChI=1S/C12H11NO2/c1-8(14)12(15)10-6-9-4-2-3-5-11(9)13-7-10/h2-8,14H,1H3. The van der Waals surface area contributed by atoms with Gasteiger partial charge in [-0.3, -0.25) is 9.78 Å². The Labute approximate surface area is 87.4 Å². The van der Waals surface area contributed by atoms with Crippen molar-refractivity contribution >= 4 is 16.7 Å². The zero-order chi connectivity index (χ0) is 10.8. The van der Waals surface area contributed by atoms with E-state index in [9.17, 15) is 4.79 Å². The summed E-state index contributed by atoms with van der Waals surface area (Å²) in [5.74, 6) is -0.298. The number of carbonyl (C=O) groups excluding carboxylic acids is 1. The Morgan fingerprint density at radius 2 is 2.13 bits per heavy atom. The first-order chi connectivity index (χ1) is 7.18. The number of benzene rings is 1. The minimum absolute atomic E-state index is 0.298. The van der Waals surface area contributed by atoms with Crippen molar-refractivity contribution in [2.75, 3.05) is 0 Å². The van der Waals surface area contributed by atoms with Crippen LogP contribution in [0.3, 0.4) is 0 Å². The van der Waals surface area contributed by atoms with Gasteiger partial charge >= 0.3 is 0 Å². The van der Waals surface area contributed by atoms with Crippen LogP contribution in [0.4, 0.5) is 0 Å². The fourth-order valence-electron chi connectivity index (χ4n) is 1.45. The smallest absolute Gasteiger partial charge is 0.192 e. The molecule has 1 aromatic carbocycles. The molecule has 2 aromatic rings. The van der Waals surface area contributed by atoms with E-state index in [1.807, 2.05) is 24.3 Å². The predicted molar refractivity (Wildman–Crippen MR) is 57.8 cm³/mol. The third-order valence-electron chi connectivity index (χ3n) is 2.25. The fraction of sp³-hybridized carbons (Fsp3) is 0.167. The molecule has 0 aliphatic heterocycles. The molecule has 0 aliphatic carbocycles. The highest BCUT2D eigenvalue weighted by molar-refractivity contribution is 6.01. The number of Topliss-reactive ketones (excluding diaryl/α,β-unsaturated/α-hetero) is 1. The Morgan fingerprint density at radius 3 is 2.87 bits per heavy atom. The Hall–Kier alpha value is -1.74. The summed E-state index contributed by atoms with van der Waals surface area (Å²) in [6.07, 6.45) is 0.519. The van der Waals surface area contributed by atoms with E-state index < -0.39 is 6.10 Å². The van der Waals surface area contributed by atoms with E-state index in [4.69, 9.17) is 5.11 Å². The molecule has 1 N–H and O–H groups in total. The van der Waals surface area contributed by atoms with Gasteiger partial charge in [0.2, 0.25) is 0 Å². The summed E-state index contributed by atoms with van der Waals surface area (Å²) in [5, 5.41) is 10.1. The highest BCUT2D eigenvalue weighted by Gasteiger charge is 2.12. The highest BCUT2D eigenvalue weighted by atomic mass is 16.3. The first-order valence-corrected chi connectivity index (χ1v) is 4.75. The molecule has 1 unspecified atom stereocenters. The minimum atomic E-state index is -0.979. The van der Waals surface area contributed by atoms with Crippen LogP contribution in [0.5, 0.6) is 0 Å². The van der Waals surface area contributed by atoms with Gasteiger partial charge in [-0.15, -0.1) is 0 Å². The number of aliphatic hydroxyl groups is 1. The lowest BCUT2D eigenvalue weighted by Gasteiger charge is -2.04. The van der Waals surface area contributed by atoms with Gasteiger partial charge < -0.3 is 5.11 Å². The quantitative estimate of drug-likeness (QED) is 0.754. The predicted octanol–water partition coefficient (Wildman–Crippen LogP) is 1.80. The topological polar surface area (TPSA) is 50.2 Å². The van der Waals surface area contributed by atoms with Crippen LogP contribution in [0, 0.1) is 0 Å². The zero-order valence-corrected chi connectivity index (χ0v) is 8.34. The van der Waals surface area contributed by atoms with Crippen molar-refractivity contribution in [1.29, 1.82) is 0 Å². The molecular formula is C12H11NO2. The maximum atomic E-state index is 11.5. The Balaban J connectivity index is 2.52. The number of fused-ring (bicyclic) bond motifs is 1. The van der Waals surface area contributed by atoms with Gasteiger partial charge in [-0.25, -0.2) is 0 Å². The molecule has 0 saturated heterocycles. The van der Waals surface area contributed by atoms with Gasteiger partial charge in [0, 0.05) is 17.1 Å². The van der Waals surface area contributed by atoms with Crippen LogP contribution in [-0.2, 0) is 0 Å². The SMILES string of the molecule is CC(O)C(=O)c1cnc2ccccc2c1. The number of aromatic nitrogens is 1. The van der Waals surface area contributed by atoms with E-state index in [1.165, 1.54) is 13.1 Å². The number of carbonyl (C=O) groups is 1. The second-order valence-corrected chi connectivity index (χ2v) is 3.46. The Morgan fingerprint density at radius 1 is 1.40 bits per heavy atom. The molecule has 0 aliphatic rings. The number of nitrogens with zero attached hydrogens (tertiary/aromatic N) is 1. The lowest BCUT2D eigenvalue weighted by Crippen LogP contribution is -2.16. The molecular weight excluding hydrogens is 190 g/mol. The van der Waals surface area contributed by atoms with Crippen LogP contribution < -0.4 is 0 Å². The molecule has 15 heavy (non-hydrogen) atoms. The zero-order valence-electron chi connectivity index (χ0n) is 8.34. The van der Waals surface area contributed by atoms with E-state index >= 15 is 0 Å². The van der Waals surface area contributed by atoms with Crippen molar-refractivity contribution in [3.63, 3.8) is 0 Å². The molecule has 3 heteroatoms. The van der Waals surface area contributed by atoms with Gasteiger partial charge in [0.25, 0.3) is 0 Å². The van der Waals surface area contributed by atoms with Gasteiger partial charge in [-0.1, -0.05) is 18.2 Å². The van der Waals surface area contributed by atoms with Crippen LogP contribution in [-0.4, -0.2) is 22.0 Å². The molecule has 76 valence electrons. The number of aliphatic hydroxyl groups excluding tert-OH is 1. The molecule has 2 rings (SSSR count). The van der Waals surface area contributed by atoms with E-state index in [0.29, 0.717) is 5.56 Å². The van der Waals surface area contributed by atoms with Gasteiger partial charge in [0.1, 0.15) is 6.10 Å². The Kier molecular flexibility index (Phi) is 2.47. The monoisotopic (exact) mass is 201 g/mol. The maximum Gasteiger partial charge on any atom is 0.192 e. The van der Waals surface area contributed by atoms with E-state index in [0.717, 1.165) is 10.9 Å². The molecule has 0 spiro atoms. The summed E-state index contributed by atoms with van der Waals surface area (Å²) < 4.78 is 0. The fourth-order valence-corrected chi connectivity index (χ4v) is 1.45. The normalized spacial score (nSPS) is 12.7. The largest absolute Gasteiger partial charge is 0.385 e. The van der Waals surface area contributed by atoms with E-state index in [2.05, 4.69) is 4.98 Å². The maximum absolute atomic E-state index is 11.5. The average molecular weight is 201 g/mol. The lowest BCUT2D eigenvalue weighted by atomic mass is 10.1. The third-order valence-corrected chi connectivity index (χ3v) is 2.25. The average Bonchev–Trinajstić information content (AvgIpc) is 2.27. The van der Waals surface area contributed by atoms with Gasteiger partial charge in [-0.05, 0) is 19.1 Å². The molecule has 0 fully saturated rings. The third kappa shape index (κ3) is 1.87. The van der Waals surface area contributed by atoms with Crippen LogP contribution in [0.2, 0.25) is 0 Å². The summed E-state index contributed by atoms with van der Waals surface area (Å²) in [7, 11) is 0. The lowest BCUT2D eigenvalue weighted by molar-refractivity contribution is 0.0779. The van der Waals surface area contributed by atoms with Crippen LogP contribution in [0.25, 0.3) is 10.9 Å². The summed E-state index contributed by atoms with van der Waals surface area (Å²) in [6.45, 7) is 1.46. The molecule has 3 nitrogen and oxygen atoms in total. The number of hydrogen-bond acceptors (Lipinski definition) is 3. The first-order valence-electron chi connectivity index (χ1n) is 4.75. The van der Waals surface area contributed by atoms with Gasteiger partial charge in [0.15, 0.2) is 5.78 Å². The minimum Gasteiger partial charge on any atom is -0.385 e. The second-order valence-electron chi connectivity index (χ2n) is 3.46. The summed E-state index contributed by atoms with van der Waals surface area (Å²) >= 11 is 0. The summed E-state index contributed by atoms with van der Waals surface area (Å²) in [6, 6.07) is 9.30. The molecule has 1 heterocycles. The molecule has 1 atom stereocenters. The molecule has 0 amide bonds. The number of pyridine rings is 1. The summed E-state index contributed by atoms with van der Waals surface area (Å²) in [4.78, 5) is 15.7. The number of rotatable bonds is 2. The molecule has 0 radical (unpaired) electrons. The van der Waals surface area contributed by atoms with E-state index in [-0.39, 0.29) is 5.78 Å². The Bertz CT molecular complexity index is 506. The van der Waals surface area contributed by atoms with Crippen LogP contribution >= 0.6 is 0 Å². The highest BCUT2D eigenvalue weighted by Crippen LogP contribution is 2.13. The van der Waals surface area contributed by atoms with E-state index in [1.54, 1.807) is 6.07 Å². The molecule has 1 aromatic heterocycles. The van der Waals surface area contributed by atoms with Crippen molar-refractivity contribution in [2.24, 2.45) is 0 Å². The van der Waals surface area contributed by atoms with Crippen LogP contribution in [0.1, 0.15) is 17.3 Å². The second kappa shape index (κ2) is 3.79.